The molecule has 146 heavy (non-hydrogen) atoms. The first-order valence-corrected chi connectivity index (χ1v) is 66.7. The van der Waals surface area contributed by atoms with Gasteiger partial charge in [0, 0.05) is 121 Å². The zero-order chi connectivity index (χ0) is 104. The van der Waals surface area contributed by atoms with E-state index in [9.17, 15) is 23.2 Å². The van der Waals surface area contributed by atoms with Crippen LogP contribution in [0.3, 0.4) is 0 Å². The van der Waals surface area contributed by atoms with E-state index in [1.54, 1.807) is 127 Å². The van der Waals surface area contributed by atoms with Crippen LogP contribution in [0.2, 0.25) is 13.3 Å². The Balaban J connectivity index is 0.000000175. The number of unbranched alkanes of at least 4 members (excludes halogenated alkanes) is 3. The third-order valence-corrected chi connectivity index (χ3v) is 46.8. The molecule has 34 heteroatoms. The van der Waals surface area contributed by atoms with Gasteiger partial charge in [-0.25, -0.2) is 68.6 Å². The van der Waals surface area contributed by atoms with Gasteiger partial charge in [-0.15, -0.1) is 22.7 Å². The second-order valence-electron chi connectivity index (χ2n) is 33.6. The average Bonchev–Trinajstić information content (AvgIpc) is 1.63. The molecule has 4 aliphatic rings. The molecular formula is C112H121BBr2Cl2F2N15O5P2PdS3Sn. The number of thiazole rings is 2. The number of carbonyl (C=O) groups excluding carboxylic acids is 3. The van der Waals surface area contributed by atoms with Crippen molar-refractivity contribution >= 4 is 183 Å². The fourth-order valence-corrected chi connectivity index (χ4v) is 38.6. The van der Waals surface area contributed by atoms with E-state index in [0.29, 0.717) is 58.8 Å². The normalized spacial score (nSPS) is 14.5. The zero-order valence-corrected chi connectivity index (χ0v) is 95.9. The first kappa shape index (κ1) is 118. The summed E-state index contributed by atoms with van der Waals surface area (Å²) in [5.41, 5.74) is 4.50. The maximum Gasteiger partial charge on any atom is -0.0134 e. The molecule has 15 aromatic rings. The summed E-state index contributed by atoms with van der Waals surface area (Å²) in [4.78, 5) is 90.7. The minimum absolute atomic E-state index is 0.0189. The molecule has 7 aromatic heterocycles. The van der Waals surface area contributed by atoms with Crippen molar-refractivity contribution < 1.29 is 48.6 Å². The van der Waals surface area contributed by atoms with Gasteiger partial charge in [-0.05, 0) is 200 Å². The Morgan fingerprint density at radius 3 is 1.08 bits per heavy atom. The van der Waals surface area contributed by atoms with Gasteiger partial charge in [0.05, 0.1) is 22.0 Å². The van der Waals surface area contributed by atoms with Gasteiger partial charge in [-0.3, -0.25) is 14.4 Å². The van der Waals surface area contributed by atoms with Crippen LogP contribution in [-0.4, -0.2) is 157 Å². The number of rotatable bonds is 27. The summed E-state index contributed by atoms with van der Waals surface area (Å²) in [6.45, 7) is 21.6. The van der Waals surface area contributed by atoms with E-state index in [1.165, 1.54) is 112 Å². The summed E-state index contributed by atoms with van der Waals surface area (Å²) < 4.78 is 47.2. The third-order valence-electron chi connectivity index (χ3n) is 24.0. The number of aromatic nitrogens is 12. The minimum Gasteiger partial charge on any atom is -0.0622 e. The van der Waals surface area contributed by atoms with Crippen molar-refractivity contribution in [2.75, 3.05) is 31.6 Å². The standard InChI is InChI=1S/2C21H19FN4OS.2C18H15P.C8H10N2O.C6H5BrN2O.C4H3BrN2.C4H7O.3C4H9.BHNS.2ClH.Pd.Sn/c2*22-15-4-7-17-13(10-15)2-5-16-6-3-14(11-26(16)21(17)27)20-25-18(12-28-20)19-23-8-1-9-24-19;2*1-4-10-16(11-5-1)19(17-12-6-2-7-13-17)18-14-8-3-9-15-18;1-3-11-7(2)8-9-5-4-6-10-8;7-4-5(10)6-8-2-1-3-9-6;5-4-6-2-1-3-7-4;1-3-5-4-2;3*1-3-4-2;1-2-3;;;;/h2*1,4,7-10,12,14,16H,2-3,5-6,11H2;2*1-15H;4-6H,2-3H2,1H3;1-3H,4H2;1-3H;1,4H2,2H3;3*1,3-4H2,2H3;3H;2*1H;;/q;;;;;;;;;;;;;;+2;/p-2/t14-,16+;14-,16-;;;;;;;;;;;;;;/m01............../s1. The molecule has 2 fully saturated rings. The van der Waals surface area contributed by atoms with Gasteiger partial charge in [0.1, 0.15) is 23.0 Å². The fourth-order valence-electron chi connectivity index (χ4n) is 17.0. The van der Waals surface area contributed by atoms with Crippen LogP contribution < -0.4 is 31.8 Å². The van der Waals surface area contributed by atoms with Gasteiger partial charge < -0.3 is 14.5 Å². The molecule has 761 valence electrons. The van der Waals surface area contributed by atoms with Gasteiger partial charge in [0.25, 0.3) is 11.8 Å². The summed E-state index contributed by atoms with van der Waals surface area (Å²) in [5, 5.41) is 14.7. The number of piperidine rings is 2. The first-order valence-electron chi connectivity index (χ1n) is 48.5. The molecule has 0 bridgehead atoms. The summed E-state index contributed by atoms with van der Waals surface area (Å²) >= 11 is 10.2. The number of alkyl halides is 1. The predicted molar refractivity (Wildman–Crippen MR) is 607 cm³/mol. The van der Waals surface area contributed by atoms with Crippen LogP contribution in [0.1, 0.15) is 182 Å². The van der Waals surface area contributed by atoms with Crippen LogP contribution in [0.15, 0.2) is 347 Å². The van der Waals surface area contributed by atoms with Gasteiger partial charge >= 0.3 is 179 Å². The number of nitrogens with zero attached hydrogens (tertiary/aromatic N) is 15. The maximum absolute atomic E-state index is 13.6. The summed E-state index contributed by atoms with van der Waals surface area (Å²) in [5.74, 6) is 2.40. The van der Waals surface area contributed by atoms with E-state index in [1.807, 2.05) is 27.5 Å². The van der Waals surface area contributed by atoms with E-state index in [2.05, 4.69) is 329 Å². The van der Waals surface area contributed by atoms with Crippen LogP contribution in [0.25, 0.3) is 28.8 Å². The second-order valence-corrected chi connectivity index (χ2v) is 56.9. The van der Waals surface area contributed by atoms with Crippen LogP contribution in [0.4, 0.5) is 8.78 Å². The summed E-state index contributed by atoms with van der Waals surface area (Å²) in [6.07, 6.45) is 31.9. The second kappa shape index (κ2) is 66.5. The van der Waals surface area contributed by atoms with Crippen molar-refractivity contribution in [2.24, 2.45) is 4.30 Å². The number of benzene rings is 8. The molecule has 4 aliphatic heterocycles. The van der Waals surface area contributed by atoms with E-state index >= 15 is 0 Å². The topological polar surface area (TPSA) is 243 Å². The molecule has 0 saturated carbocycles. The number of thiol groups is 1. The molecule has 2 saturated heterocycles. The Labute approximate surface area is 912 Å². The Kier molecular flexibility index (Phi) is 53.7. The maximum atomic E-state index is 13.6. The van der Waals surface area contributed by atoms with Gasteiger partial charge in [0.15, 0.2) is 33.8 Å². The van der Waals surface area contributed by atoms with E-state index < -0.39 is 34.2 Å². The number of ketones is 1. The molecule has 0 unspecified atom stereocenters. The van der Waals surface area contributed by atoms with Gasteiger partial charge in [0.2, 0.25) is 5.78 Å². The minimum atomic E-state index is -2.24. The smallest absolute Gasteiger partial charge is 0.0134 e. The number of hydrogen-bond donors (Lipinski definition) is 1. The Hall–Kier alpha value is -9.95. The molecule has 0 N–H and O–H groups in total. The van der Waals surface area contributed by atoms with Crippen molar-refractivity contribution in [3.63, 3.8) is 0 Å². The van der Waals surface area contributed by atoms with Crippen LogP contribution in [0.5, 0.6) is 0 Å². The molecule has 4 atom stereocenters. The molecular weight excluding hydrogens is 2300 g/mol. The number of amides is 2. The van der Waals surface area contributed by atoms with Crippen molar-refractivity contribution in [1.29, 1.82) is 0 Å². The first-order chi connectivity index (χ1) is 71.3. The Morgan fingerprint density at radius 1 is 0.473 bits per heavy atom. The Bertz CT molecular complexity index is 5860. The monoisotopic (exact) mass is 2420 g/mol. The number of Topliss-reactive ketones (excluding diaryl/α,β-unsaturated/α-hetero) is 1. The number of halogens is 6. The largest absolute Gasteiger partial charge is 0.0622 e. The average molecular weight is 2420 g/mol. The van der Waals surface area contributed by atoms with Crippen LogP contribution in [0, 0.1) is 11.6 Å². The molecule has 0 aliphatic carbocycles. The van der Waals surface area contributed by atoms with E-state index in [0.717, 1.165) is 90.5 Å². The van der Waals surface area contributed by atoms with E-state index in [-0.39, 0.29) is 80.2 Å². The molecule has 11 heterocycles. The third kappa shape index (κ3) is 37.6. The van der Waals surface area contributed by atoms with Gasteiger partial charge in [-0.2, -0.15) is 0 Å². The van der Waals surface area contributed by atoms with E-state index in [4.69, 9.17) is 38.5 Å². The number of carbonyl (C=O) groups is 3. The molecule has 8 aromatic carbocycles. The van der Waals surface area contributed by atoms with Crippen molar-refractivity contribution in [3.8, 4) is 23.0 Å². The predicted octanol–water partition coefficient (Wildman–Crippen LogP) is 26.3. The van der Waals surface area contributed by atoms with Crippen molar-refractivity contribution in [3.05, 3.63) is 399 Å². The molecule has 0 spiro atoms. The zero-order valence-electron chi connectivity index (χ0n) is 82.4. The van der Waals surface area contributed by atoms with Crippen molar-refractivity contribution in [2.45, 2.75) is 162 Å². The number of ether oxygens (including phenoxy) is 2. The molecule has 2 amide bonds. The summed E-state index contributed by atoms with van der Waals surface area (Å²) in [7, 11) is 13.1. The number of hydrogen-bond acceptors (Lipinski definition) is 21. The number of aryl methyl sites for hydroxylation is 2. The van der Waals surface area contributed by atoms with Crippen LogP contribution >= 0.6 is 102 Å². The molecule has 20 nitrogen and oxygen atoms in total. The van der Waals surface area contributed by atoms with Crippen LogP contribution in [-0.2, 0) is 38.3 Å². The molecule has 1 radical (unpaired) electrons. The Morgan fingerprint density at radius 2 is 0.781 bits per heavy atom. The SMILES string of the molecule is Brc1ncccn1.C=C(OCC)c1ncccn1.C=[C](OCC)[Sn]([CH2]CCC)([CH2]CCC)[CH2]CCC.O=C(CBr)c1ncccn1.O=C1c2ccc(F)cc2CC[C@@H]2CC[C@@H](c3nc(-c4ncccn4)cs3)CN12.O=C1c2ccc(F)cc2CC[C@@H]2CC[C@H](c3nc(-c4ncccn4)cs3)CN12.[B]=NS.[Cl][Pd][Cl].c1ccc(P(c2ccccc2)c2ccccc2)cc1.c1ccc(P(c2ccccc2)c2ccccc2)cc1. The molecule has 19 rings (SSSR count). The quantitative estimate of drug-likeness (QED) is 0.00956. The fraction of sp³-hybridized carbons (Fsp3) is 0.277. The number of fused-ring (bicyclic) bond motifs is 4. The van der Waals surface area contributed by atoms with Crippen molar-refractivity contribution in [1.82, 2.24) is 69.6 Å². The summed E-state index contributed by atoms with van der Waals surface area (Å²) in [6, 6.07) is 82.9. The van der Waals surface area contributed by atoms with Gasteiger partial charge in [-0.1, -0.05) is 204 Å².